The molecule has 0 fully saturated rings. The van der Waals surface area contributed by atoms with Crippen molar-refractivity contribution in [1.82, 2.24) is 5.32 Å². The summed E-state index contributed by atoms with van der Waals surface area (Å²) in [6, 6.07) is 4.96. The van der Waals surface area contributed by atoms with Gasteiger partial charge in [0.1, 0.15) is 5.82 Å². The number of esters is 1. The third kappa shape index (κ3) is 5.20. The molecule has 3 nitrogen and oxygen atoms in total. The Labute approximate surface area is 117 Å². The highest BCUT2D eigenvalue weighted by molar-refractivity contribution is 7.98. The van der Waals surface area contributed by atoms with Crippen LogP contribution in [0.4, 0.5) is 4.39 Å². The van der Waals surface area contributed by atoms with Crippen LogP contribution >= 0.6 is 11.8 Å². The summed E-state index contributed by atoms with van der Waals surface area (Å²) in [6.45, 7) is 2.70. The fourth-order valence-corrected chi connectivity index (χ4v) is 2.22. The van der Waals surface area contributed by atoms with Gasteiger partial charge in [-0.15, -0.1) is 0 Å². The van der Waals surface area contributed by atoms with Gasteiger partial charge in [0.25, 0.3) is 0 Å². The number of rotatable bonds is 7. The second-order valence-electron chi connectivity index (χ2n) is 4.37. The van der Waals surface area contributed by atoms with Gasteiger partial charge in [0, 0.05) is 12.6 Å². The lowest BCUT2D eigenvalue weighted by Crippen LogP contribution is -2.26. The number of hydrogen-bond acceptors (Lipinski definition) is 4. The molecule has 106 valence electrons. The molecule has 5 heteroatoms. The van der Waals surface area contributed by atoms with Crippen molar-refractivity contribution in [3.8, 4) is 0 Å². The van der Waals surface area contributed by atoms with Gasteiger partial charge in [0.2, 0.25) is 0 Å². The minimum Gasteiger partial charge on any atom is -0.465 e. The van der Waals surface area contributed by atoms with Crippen LogP contribution in [0.3, 0.4) is 0 Å². The lowest BCUT2D eigenvalue weighted by molar-refractivity contribution is 0.0595. The summed E-state index contributed by atoms with van der Waals surface area (Å²) in [5.41, 5.74) is 0.794. The van der Waals surface area contributed by atoms with Crippen LogP contribution in [0.5, 0.6) is 0 Å². The molecular weight excluding hydrogens is 265 g/mol. The van der Waals surface area contributed by atoms with Gasteiger partial charge in [0.05, 0.1) is 12.7 Å². The molecule has 19 heavy (non-hydrogen) atoms. The van der Waals surface area contributed by atoms with Gasteiger partial charge in [-0.25, -0.2) is 9.18 Å². The third-order valence-electron chi connectivity index (χ3n) is 2.85. The van der Waals surface area contributed by atoms with Crippen molar-refractivity contribution in [2.75, 3.05) is 19.1 Å². The van der Waals surface area contributed by atoms with Crippen molar-refractivity contribution < 1.29 is 13.9 Å². The normalized spacial score (nSPS) is 12.2. The molecular formula is C14H20FNO2S. The lowest BCUT2D eigenvalue weighted by Gasteiger charge is -2.13. The van der Waals surface area contributed by atoms with Crippen LogP contribution in [-0.2, 0) is 11.3 Å². The average molecular weight is 285 g/mol. The molecule has 0 aliphatic carbocycles. The number of methoxy groups -OCH3 is 1. The Morgan fingerprint density at radius 3 is 2.84 bits per heavy atom. The molecule has 0 aliphatic rings. The van der Waals surface area contributed by atoms with E-state index in [1.54, 1.807) is 6.07 Å². The first-order valence-electron chi connectivity index (χ1n) is 6.17. The molecule has 1 aromatic carbocycles. The molecule has 0 spiro atoms. The van der Waals surface area contributed by atoms with E-state index in [1.165, 1.54) is 19.2 Å². The molecule has 0 saturated heterocycles. The first-order valence-corrected chi connectivity index (χ1v) is 7.57. The molecule has 0 amide bonds. The van der Waals surface area contributed by atoms with Crippen molar-refractivity contribution in [2.45, 2.75) is 25.9 Å². The molecule has 1 aromatic rings. The summed E-state index contributed by atoms with van der Waals surface area (Å²) in [5, 5.41) is 3.33. The number of thioether (sulfide) groups is 1. The minimum absolute atomic E-state index is 0.0262. The van der Waals surface area contributed by atoms with Gasteiger partial charge >= 0.3 is 5.97 Å². The largest absolute Gasteiger partial charge is 0.465 e. The van der Waals surface area contributed by atoms with Crippen molar-refractivity contribution in [3.63, 3.8) is 0 Å². The first-order chi connectivity index (χ1) is 9.08. The van der Waals surface area contributed by atoms with Crippen LogP contribution in [-0.4, -0.2) is 31.1 Å². The minimum atomic E-state index is -0.648. The first kappa shape index (κ1) is 16.0. The predicted octanol–water partition coefficient (Wildman–Crippen LogP) is 2.84. The summed E-state index contributed by atoms with van der Waals surface area (Å²) in [7, 11) is 1.24. The molecule has 1 unspecified atom stereocenters. The monoisotopic (exact) mass is 285 g/mol. The number of benzene rings is 1. The molecule has 0 aliphatic heterocycles. The summed E-state index contributed by atoms with van der Waals surface area (Å²) >= 11 is 1.81. The van der Waals surface area contributed by atoms with E-state index in [0.29, 0.717) is 12.6 Å². The predicted molar refractivity (Wildman–Crippen MR) is 77.0 cm³/mol. The van der Waals surface area contributed by atoms with Crippen LogP contribution in [0.15, 0.2) is 18.2 Å². The molecule has 0 radical (unpaired) electrons. The number of halogens is 1. The number of hydrogen-bond donors (Lipinski definition) is 1. The van der Waals surface area contributed by atoms with Gasteiger partial charge < -0.3 is 10.1 Å². The molecule has 1 N–H and O–H groups in total. The van der Waals surface area contributed by atoms with Gasteiger partial charge in [-0.2, -0.15) is 11.8 Å². The van der Waals surface area contributed by atoms with Crippen molar-refractivity contribution in [3.05, 3.63) is 35.1 Å². The van der Waals surface area contributed by atoms with E-state index in [-0.39, 0.29) is 5.56 Å². The Kier molecular flexibility index (Phi) is 6.87. The maximum Gasteiger partial charge on any atom is 0.340 e. The van der Waals surface area contributed by atoms with E-state index >= 15 is 0 Å². The molecule has 0 bridgehead atoms. The summed E-state index contributed by atoms with van der Waals surface area (Å²) in [6.07, 6.45) is 3.15. The standard InChI is InChI=1S/C14H20FNO2S/c1-10(6-7-19-3)16-9-11-4-5-12(13(15)8-11)14(17)18-2/h4-5,8,10,16H,6-7,9H2,1-3H3. The zero-order valence-corrected chi connectivity index (χ0v) is 12.3. The van der Waals surface area contributed by atoms with Crippen LogP contribution < -0.4 is 5.32 Å². The maximum atomic E-state index is 13.7. The van der Waals surface area contributed by atoms with Crippen LogP contribution in [0.25, 0.3) is 0 Å². The third-order valence-corrected chi connectivity index (χ3v) is 3.49. The molecule has 1 rings (SSSR count). The van der Waals surface area contributed by atoms with E-state index in [2.05, 4.69) is 23.2 Å². The number of ether oxygens (including phenoxy) is 1. The quantitative estimate of drug-likeness (QED) is 0.782. The molecule has 1 atom stereocenters. The van der Waals surface area contributed by atoms with Gasteiger partial charge in [0.15, 0.2) is 0 Å². The van der Waals surface area contributed by atoms with E-state index < -0.39 is 11.8 Å². The fourth-order valence-electron chi connectivity index (χ4n) is 1.63. The maximum absolute atomic E-state index is 13.7. The van der Waals surface area contributed by atoms with E-state index in [4.69, 9.17) is 0 Å². The highest BCUT2D eigenvalue weighted by Crippen LogP contribution is 2.12. The average Bonchev–Trinajstić information content (AvgIpc) is 2.42. The van der Waals surface area contributed by atoms with E-state index in [1.807, 2.05) is 11.8 Å². The van der Waals surface area contributed by atoms with Gasteiger partial charge in [-0.1, -0.05) is 6.07 Å². The van der Waals surface area contributed by atoms with Crippen LogP contribution in [0.1, 0.15) is 29.3 Å². The van der Waals surface area contributed by atoms with Gasteiger partial charge in [-0.05, 0) is 43.0 Å². The number of carbonyl (C=O) groups excluding carboxylic acids is 1. The highest BCUT2D eigenvalue weighted by Gasteiger charge is 2.12. The lowest BCUT2D eigenvalue weighted by atomic mass is 10.1. The number of nitrogens with one attached hydrogen (secondary N) is 1. The number of carbonyl (C=O) groups is 1. The van der Waals surface area contributed by atoms with Crippen LogP contribution in [0.2, 0.25) is 0 Å². The fraction of sp³-hybridized carbons (Fsp3) is 0.500. The second-order valence-corrected chi connectivity index (χ2v) is 5.35. The Hall–Kier alpha value is -1.07. The molecule has 0 heterocycles. The van der Waals surface area contributed by atoms with Gasteiger partial charge in [-0.3, -0.25) is 0 Å². The van der Waals surface area contributed by atoms with Crippen LogP contribution in [0, 0.1) is 5.82 Å². The van der Waals surface area contributed by atoms with Crippen molar-refractivity contribution >= 4 is 17.7 Å². The Bertz CT molecular complexity index is 426. The smallest absolute Gasteiger partial charge is 0.340 e. The highest BCUT2D eigenvalue weighted by atomic mass is 32.2. The molecule has 0 saturated carbocycles. The molecule has 0 aromatic heterocycles. The SMILES string of the molecule is COC(=O)c1ccc(CNC(C)CCSC)cc1F. The summed E-state index contributed by atoms with van der Waals surface area (Å²) in [4.78, 5) is 11.2. The summed E-state index contributed by atoms with van der Waals surface area (Å²) < 4.78 is 18.2. The van der Waals surface area contributed by atoms with E-state index in [9.17, 15) is 9.18 Å². The topological polar surface area (TPSA) is 38.3 Å². The Morgan fingerprint density at radius 1 is 1.53 bits per heavy atom. The zero-order chi connectivity index (χ0) is 14.3. The second kappa shape index (κ2) is 8.17. The summed E-state index contributed by atoms with van der Waals surface area (Å²) in [5.74, 6) is -0.0858. The van der Waals surface area contributed by atoms with Crippen molar-refractivity contribution in [1.29, 1.82) is 0 Å². The Morgan fingerprint density at radius 2 is 2.26 bits per heavy atom. The van der Waals surface area contributed by atoms with Crippen molar-refractivity contribution in [2.24, 2.45) is 0 Å². The van der Waals surface area contributed by atoms with E-state index in [0.717, 1.165) is 17.7 Å². The Balaban J connectivity index is 2.56. The zero-order valence-electron chi connectivity index (χ0n) is 11.5.